The summed E-state index contributed by atoms with van der Waals surface area (Å²) in [5.74, 6) is -0.201. The van der Waals surface area contributed by atoms with Crippen molar-refractivity contribution < 1.29 is 14.4 Å². The fourth-order valence-electron chi connectivity index (χ4n) is 2.27. The SMILES string of the molecule is CCCNC(=O)CSc1nnc(SC(C)C(=O)NC(=O)Nc2ccc(C)cc2C)s1. The first-order valence-corrected chi connectivity index (χ1v) is 12.1. The molecule has 0 saturated carbocycles. The number of aromatic nitrogens is 2. The minimum absolute atomic E-state index is 0.0474. The average Bonchev–Trinajstić information content (AvgIpc) is 3.14. The average molecular weight is 468 g/mol. The van der Waals surface area contributed by atoms with E-state index in [1.165, 1.54) is 34.9 Å². The Balaban J connectivity index is 1.80. The van der Waals surface area contributed by atoms with E-state index in [4.69, 9.17) is 0 Å². The van der Waals surface area contributed by atoms with Crippen LogP contribution < -0.4 is 16.0 Å². The monoisotopic (exact) mass is 467 g/mol. The summed E-state index contributed by atoms with van der Waals surface area (Å²) in [4.78, 5) is 36.1. The minimum atomic E-state index is -0.578. The van der Waals surface area contributed by atoms with Gasteiger partial charge in [0.1, 0.15) is 0 Å². The molecule has 0 aliphatic heterocycles. The number of thioether (sulfide) groups is 2. The summed E-state index contributed by atoms with van der Waals surface area (Å²) in [6.07, 6.45) is 0.888. The third kappa shape index (κ3) is 7.96. The van der Waals surface area contributed by atoms with Crippen LogP contribution in [0.5, 0.6) is 0 Å². The van der Waals surface area contributed by atoms with Gasteiger partial charge in [0.05, 0.1) is 11.0 Å². The molecule has 30 heavy (non-hydrogen) atoms. The van der Waals surface area contributed by atoms with Crippen LogP contribution >= 0.6 is 34.9 Å². The third-order valence-corrected chi connectivity index (χ3v) is 7.04. The summed E-state index contributed by atoms with van der Waals surface area (Å²) in [5, 5.41) is 15.4. The zero-order valence-electron chi connectivity index (χ0n) is 17.3. The predicted molar refractivity (Wildman–Crippen MR) is 122 cm³/mol. The van der Waals surface area contributed by atoms with Crippen LogP contribution in [0.1, 0.15) is 31.4 Å². The smallest absolute Gasteiger partial charge is 0.325 e. The first-order chi connectivity index (χ1) is 14.3. The lowest BCUT2D eigenvalue weighted by atomic mass is 10.1. The van der Waals surface area contributed by atoms with E-state index >= 15 is 0 Å². The Bertz CT molecular complexity index is 903. The van der Waals surface area contributed by atoms with Gasteiger partial charge < -0.3 is 10.6 Å². The number of carbonyl (C=O) groups excluding carboxylic acids is 3. The molecule has 3 N–H and O–H groups in total. The van der Waals surface area contributed by atoms with Crippen LogP contribution in [0.25, 0.3) is 0 Å². The molecule has 8 nitrogen and oxygen atoms in total. The first kappa shape index (κ1) is 24.2. The molecule has 0 aliphatic rings. The number of nitrogens with zero attached hydrogens (tertiary/aromatic N) is 2. The lowest BCUT2D eigenvalue weighted by molar-refractivity contribution is -0.119. The highest BCUT2D eigenvalue weighted by Gasteiger charge is 2.20. The van der Waals surface area contributed by atoms with Crippen LogP contribution in [0.4, 0.5) is 10.5 Å². The van der Waals surface area contributed by atoms with E-state index in [-0.39, 0.29) is 11.7 Å². The number of urea groups is 1. The van der Waals surface area contributed by atoms with Crippen molar-refractivity contribution in [2.75, 3.05) is 17.6 Å². The molecule has 2 aromatic rings. The molecule has 1 unspecified atom stereocenters. The third-order valence-electron chi connectivity index (χ3n) is 3.80. The van der Waals surface area contributed by atoms with Crippen molar-refractivity contribution in [2.24, 2.45) is 0 Å². The van der Waals surface area contributed by atoms with Crippen molar-refractivity contribution in [3.63, 3.8) is 0 Å². The molecule has 4 amide bonds. The van der Waals surface area contributed by atoms with Gasteiger partial charge in [-0.15, -0.1) is 10.2 Å². The number of anilines is 1. The maximum Gasteiger partial charge on any atom is 0.325 e. The van der Waals surface area contributed by atoms with Crippen LogP contribution in [0.3, 0.4) is 0 Å². The summed E-state index contributed by atoms with van der Waals surface area (Å²) in [6.45, 7) is 8.20. The van der Waals surface area contributed by atoms with Gasteiger partial charge in [-0.2, -0.15) is 0 Å². The second-order valence-electron chi connectivity index (χ2n) is 6.49. The number of carbonyl (C=O) groups is 3. The Labute approximate surface area is 188 Å². The maximum atomic E-state index is 12.3. The van der Waals surface area contributed by atoms with Crippen LogP contribution in [-0.2, 0) is 9.59 Å². The van der Waals surface area contributed by atoms with Gasteiger partial charge in [0, 0.05) is 12.2 Å². The number of hydrogen-bond acceptors (Lipinski definition) is 8. The second kappa shape index (κ2) is 11.9. The van der Waals surface area contributed by atoms with E-state index in [1.807, 2.05) is 32.9 Å². The van der Waals surface area contributed by atoms with Gasteiger partial charge in [-0.05, 0) is 38.8 Å². The molecular weight excluding hydrogens is 442 g/mol. The predicted octanol–water partition coefficient (Wildman–Crippen LogP) is 3.60. The van der Waals surface area contributed by atoms with Gasteiger partial charge in [-0.3, -0.25) is 14.9 Å². The molecule has 0 radical (unpaired) electrons. The highest BCUT2D eigenvalue weighted by Crippen LogP contribution is 2.31. The Morgan fingerprint density at radius 3 is 2.60 bits per heavy atom. The quantitative estimate of drug-likeness (QED) is 0.483. The van der Waals surface area contributed by atoms with Gasteiger partial charge in [-0.1, -0.05) is 59.5 Å². The number of aryl methyl sites for hydroxylation is 2. The largest absolute Gasteiger partial charge is 0.355 e. The van der Waals surface area contributed by atoms with Gasteiger partial charge in [-0.25, -0.2) is 4.79 Å². The molecule has 0 saturated heterocycles. The fourth-order valence-corrected chi connectivity index (χ4v) is 5.27. The number of imide groups is 1. The normalized spacial score (nSPS) is 11.6. The molecule has 1 aromatic carbocycles. The molecule has 0 fully saturated rings. The summed E-state index contributed by atoms with van der Waals surface area (Å²) >= 11 is 3.83. The van der Waals surface area contributed by atoms with Crippen LogP contribution in [-0.4, -0.2) is 45.6 Å². The Morgan fingerprint density at radius 1 is 1.17 bits per heavy atom. The van der Waals surface area contributed by atoms with Crippen LogP contribution in [0.2, 0.25) is 0 Å². The molecule has 162 valence electrons. The van der Waals surface area contributed by atoms with Crippen molar-refractivity contribution >= 4 is 58.4 Å². The minimum Gasteiger partial charge on any atom is -0.355 e. The van der Waals surface area contributed by atoms with Crippen molar-refractivity contribution in [3.8, 4) is 0 Å². The summed E-state index contributed by atoms with van der Waals surface area (Å²) in [7, 11) is 0. The molecule has 0 aliphatic carbocycles. The van der Waals surface area contributed by atoms with Crippen molar-refractivity contribution in [2.45, 2.75) is 48.0 Å². The van der Waals surface area contributed by atoms with E-state index in [0.29, 0.717) is 20.9 Å². The summed E-state index contributed by atoms with van der Waals surface area (Å²) < 4.78 is 1.26. The molecular formula is C19H25N5O3S3. The molecule has 1 atom stereocenters. The topological polar surface area (TPSA) is 113 Å². The Hall–Kier alpha value is -2.11. The van der Waals surface area contributed by atoms with Gasteiger partial charge in [0.15, 0.2) is 8.68 Å². The summed E-state index contributed by atoms with van der Waals surface area (Å²) in [5.41, 5.74) is 2.66. The zero-order chi connectivity index (χ0) is 22.1. The van der Waals surface area contributed by atoms with Crippen LogP contribution in [0.15, 0.2) is 26.9 Å². The number of rotatable bonds is 9. The van der Waals surface area contributed by atoms with E-state index < -0.39 is 17.2 Å². The van der Waals surface area contributed by atoms with E-state index in [1.54, 1.807) is 13.0 Å². The summed E-state index contributed by atoms with van der Waals surface area (Å²) in [6, 6.07) is 5.07. The van der Waals surface area contributed by atoms with E-state index in [2.05, 4.69) is 26.1 Å². The lowest BCUT2D eigenvalue weighted by Gasteiger charge is -2.12. The number of benzene rings is 1. The molecule has 1 aromatic heterocycles. The van der Waals surface area contributed by atoms with Crippen molar-refractivity contribution in [1.82, 2.24) is 20.8 Å². The van der Waals surface area contributed by atoms with E-state index in [0.717, 1.165) is 17.5 Å². The second-order valence-corrected chi connectivity index (χ2v) is 10.3. The highest BCUT2D eigenvalue weighted by molar-refractivity contribution is 8.04. The Morgan fingerprint density at radius 2 is 1.90 bits per heavy atom. The molecule has 2 rings (SSSR count). The first-order valence-electron chi connectivity index (χ1n) is 9.37. The number of nitrogens with one attached hydrogen (secondary N) is 3. The molecule has 0 bridgehead atoms. The standard InChI is InChI=1S/C19H25N5O3S3/c1-5-8-20-15(25)10-28-18-23-24-19(30-18)29-13(4)16(26)22-17(27)21-14-7-6-11(2)9-12(14)3/h6-7,9,13H,5,8,10H2,1-4H3,(H,20,25)(H2,21,22,26,27). The molecule has 0 spiro atoms. The molecule has 1 heterocycles. The van der Waals surface area contributed by atoms with Crippen molar-refractivity contribution in [1.29, 1.82) is 0 Å². The molecule has 11 heteroatoms. The van der Waals surface area contributed by atoms with Gasteiger partial charge in [0.25, 0.3) is 0 Å². The Kier molecular flexibility index (Phi) is 9.60. The number of amides is 4. The zero-order valence-corrected chi connectivity index (χ0v) is 19.7. The van der Waals surface area contributed by atoms with Crippen molar-refractivity contribution in [3.05, 3.63) is 29.3 Å². The lowest BCUT2D eigenvalue weighted by Crippen LogP contribution is -2.39. The highest BCUT2D eigenvalue weighted by atomic mass is 32.2. The van der Waals surface area contributed by atoms with Crippen LogP contribution in [0, 0.1) is 13.8 Å². The number of hydrogen-bond donors (Lipinski definition) is 3. The fraction of sp³-hybridized carbons (Fsp3) is 0.421. The maximum absolute atomic E-state index is 12.3. The van der Waals surface area contributed by atoms with E-state index in [9.17, 15) is 14.4 Å². The van der Waals surface area contributed by atoms with Gasteiger partial charge >= 0.3 is 6.03 Å². The van der Waals surface area contributed by atoms with Gasteiger partial charge in [0.2, 0.25) is 11.8 Å².